The van der Waals surface area contributed by atoms with Crippen LogP contribution in [0.2, 0.25) is 0 Å². The molecular formula is C10H15NO3. The summed E-state index contributed by atoms with van der Waals surface area (Å²) >= 11 is 0. The molecule has 1 aliphatic carbocycles. The van der Waals surface area contributed by atoms with Gasteiger partial charge in [0, 0.05) is 0 Å². The number of carbonyl (C=O) groups excluding carboxylic acids is 2. The third-order valence-corrected chi connectivity index (χ3v) is 3.10. The van der Waals surface area contributed by atoms with E-state index < -0.39 is 6.10 Å². The van der Waals surface area contributed by atoms with E-state index in [9.17, 15) is 14.7 Å². The summed E-state index contributed by atoms with van der Waals surface area (Å²) in [6, 6.07) is 0. The van der Waals surface area contributed by atoms with E-state index >= 15 is 0 Å². The summed E-state index contributed by atoms with van der Waals surface area (Å²) in [5, 5.41) is 9.58. The lowest BCUT2D eigenvalue weighted by molar-refractivity contribution is -0.143. The Hall–Kier alpha value is -0.900. The molecule has 3 unspecified atom stereocenters. The number of aliphatic hydroxyl groups is 1. The number of imide groups is 1. The number of hydrogen-bond acceptors (Lipinski definition) is 3. The molecule has 2 aliphatic rings. The predicted octanol–water partition coefficient (Wildman–Crippen LogP) is 0.00820. The maximum Gasteiger partial charge on any atom is 0.233 e. The highest BCUT2D eigenvalue weighted by Gasteiger charge is 2.58. The van der Waals surface area contributed by atoms with E-state index in [2.05, 4.69) is 0 Å². The summed E-state index contributed by atoms with van der Waals surface area (Å²) in [4.78, 5) is 24.2. The van der Waals surface area contributed by atoms with Crippen LogP contribution in [-0.4, -0.2) is 34.5 Å². The van der Waals surface area contributed by atoms with Gasteiger partial charge in [-0.05, 0) is 12.3 Å². The standard InChI is InChI=1S/C10H15NO3/c1-5(2)8(12)4-11-9(13)6-3-7(6)10(11)14/h5-8,12H,3-4H2,1-2H3. The minimum atomic E-state index is -0.597. The minimum Gasteiger partial charge on any atom is -0.391 e. The highest BCUT2D eigenvalue weighted by molar-refractivity contribution is 6.08. The van der Waals surface area contributed by atoms with Crippen LogP contribution in [-0.2, 0) is 9.59 Å². The fourth-order valence-electron chi connectivity index (χ4n) is 1.83. The van der Waals surface area contributed by atoms with E-state index in [0.717, 1.165) is 6.42 Å². The Balaban J connectivity index is 1.99. The summed E-state index contributed by atoms with van der Waals surface area (Å²) in [6.07, 6.45) is 0.131. The number of fused-ring (bicyclic) bond motifs is 1. The second-order valence-electron chi connectivity index (χ2n) is 4.55. The van der Waals surface area contributed by atoms with Crippen molar-refractivity contribution >= 4 is 11.8 Å². The van der Waals surface area contributed by atoms with Crippen molar-refractivity contribution < 1.29 is 14.7 Å². The molecule has 4 nitrogen and oxygen atoms in total. The zero-order valence-corrected chi connectivity index (χ0v) is 8.43. The van der Waals surface area contributed by atoms with Crippen molar-refractivity contribution in [3.05, 3.63) is 0 Å². The average Bonchev–Trinajstić information content (AvgIpc) is 2.86. The number of carbonyl (C=O) groups is 2. The highest BCUT2D eigenvalue weighted by Crippen LogP contribution is 2.46. The molecule has 1 heterocycles. The Kier molecular flexibility index (Phi) is 2.10. The van der Waals surface area contributed by atoms with Gasteiger partial charge in [0.25, 0.3) is 0 Å². The van der Waals surface area contributed by atoms with Crippen molar-refractivity contribution in [3.8, 4) is 0 Å². The van der Waals surface area contributed by atoms with Crippen molar-refractivity contribution in [1.82, 2.24) is 4.90 Å². The average molecular weight is 197 g/mol. The van der Waals surface area contributed by atoms with Gasteiger partial charge >= 0.3 is 0 Å². The zero-order valence-electron chi connectivity index (χ0n) is 8.43. The van der Waals surface area contributed by atoms with Crippen LogP contribution in [0.15, 0.2) is 0 Å². The summed E-state index contributed by atoms with van der Waals surface area (Å²) in [6.45, 7) is 3.91. The van der Waals surface area contributed by atoms with Crippen LogP contribution in [0.4, 0.5) is 0 Å². The molecule has 0 aromatic carbocycles. The van der Waals surface area contributed by atoms with Crippen molar-refractivity contribution in [2.45, 2.75) is 26.4 Å². The van der Waals surface area contributed by atoms with Crippen molar-refractivity contribution in [3.63, 3.8) is 0 Å². The first-order valence-corrected chi connectivity index (χ1v) is 5.05. The van der Waals surface area contributed by atoms with Crippen LogP contribution < -0.4 is 0 Å². The van der Waals surface area contributed by atoms with Crippen LogP contribution >= 0.6 is 0 Å². The molecule has 0 spiro atoms. The highest BCUT2D eigenvalue weighted by atomic mass is 16.3. The Morgan fingerprint density at radius 1 is 1.36 bits per heavy atom. The smallest absolute Gasteiger partial charge is 0.233 e. The molecule has 3 atom stereocenters. The first kappa shape index (κ1) is 9.65. The van der Waals surface area contributed by atoms with E-state index in [1.165, 1.54) is 4.90 Å². The van der Waals surface area contributed by atoms with Gasteiger partial charge < -0.3 is 5.11 Å². The molecule has 0 aromatic rings. The van der Waals surface area contributed by atoms with Crippen LogP contribution in [0.25, 0.3) is 0 Å². The lowest BCUT2D eigenvalue weighted by Crippen LogP contribution is -2.40. The minimum absolute atomic E-state index is 0.0538. The van der Waals surface area contributed by atoms with Gasteiger partial charge in [-0.1, -0.05) is 13.8 Å². The largest absolute Gasteiger partial charge is 0.391 e. The summed E-state index contributed by atoms with van der Waals surface area (Å²) in [7, 11) is 0. The molecule has 0 radical (unpaired) electrons. The molecule has 0 aromatic heterocycles. The summed E-state index contributed by atoms with van der Waals surface area (Å²) < 4.78 is 0. The van der Waals surface area contributed by atoms with E-state index in [4.69, 9.17) is 0 Å². The predicted molar refractivity (Wildman–Crippen MR) is 49.2 cm³/mol. The van der Waals surface area contributed by atoms with Crippen LogP contribution in [0.1, 0.15) is 20.3 Å². The number of amides is 2. The molecule has 1 aliphatic heterocycles. The van der Waals surface area contributed by atoms with Gasteiger partial charge in [0.15, 0.2) is 0 Å². The Morgan fingerprint density at radius 2 is 1.86 bits per heavy atom. The lowest BCUT2D eigenvalue weighted by atomic mass is 10.1. The maximum absolute atomic E-state index is 11.5. The lowest BCUT2D eigenvalue weighted by Gasteiger charge is -2.22. The topological polar surface area (TPSA) is 57.6 Å². The van der Waals surface area contributed by atoms with E-state index in [0.29, 0.717) is 0 Å². The van der Waals surface area contributed by atoms with Gasteiger partial charge in [0.1, 0.15) is 0 Å². The first-order valence-electron chi connectivity index (χ1n) is 5.05. The van der Waals surface area contributed by atoms with Crippen LogP contribution in [0, 0.1) is 17.8 Å². The third-order valence-electron chi connectivity index (χ3n) is 3.10. The van der Waals surface area contributed by atoms with Crippen LogP contribution in [0.3, 0.4) is 0 Å². The molecule has 2 amide bonds. The number of nitrogens with zero attached hydrogens (tertiary/aromatic N) is 1. The van der Waals surface area contributed by atoms with Crippen LogP contribution in [0.5, 0.6) is 0 Å². The molecule has 78 valence electrons. The van der Waals surface area contributed by atoms with Gasteiger partial charge in [-0.25, -0.2) is 0 Å². The maximum atomic E-state index is 11.5. The van der Waals surface area contributed by atoms with E-state index in [-0.39, 0.29) is 36.1 Å². The number of β-amino-alcohol motifs (C(OH)–C–C–N with tert-alkyl or cyclic N) is 1. The van der Waals surface area contributed by atoms with Crippen molar-refractivity contribution in [2.75, 3.05) is 6.54 Å². The first-order chi connectivity index (χ1) is 6.52. The Morgan fingerprint density at radius 3 is 2.29 bits per heavy atom. The Bertz CT molecular complexity index is 267. The SMILES string of the molecule is CC(C)C(O)CN1C(=O)C2CC2C1=O. The molecule has 0 bridgehead atoms. The van der Waals surface area contributed by atoms with Gasteiger partial charge in [-0.2, -0.15) is 0 Å². The normalized spacial score (nSPS) is 32.4. The second kappa shape index (κ2) is 3.05. The Labute approximate surface area is 82.9 Å². The third kappa shape index (κ3) is 1.34. The monoisotopic (exact) mass is 197 g/mol. The van der Waals surface area contributed by atoms with E-state index in [1.807, 2.05) is 13.8 Å². The number of hydrogen-bond donors (Lipinski definition) is 1. The summed E-state index contributed by atoms with van der Waals surface area (Å²) in [5.41, 5.74) is 0. The second-order valence-corrected chi connectivity index (χ2v) is 4.55. The van der Waals surface area contributed by atoms with Gasteiger partial charge in [0.2, 0.25) is 11.8 Å². The summed E-state index contributed by atoms with van der Waals surface area (Å²) in [5.74, 6) is -0.198. The number of rotatable bonds is 3. The van der Waals surface area contributed by atoms with E-state index in [1.54, 1.807) is 0 Å². The molecule has 1 saturated carbocycles. The fourth-order valence-corrected chi connectivity index (χ4v) is 1.83. The molecule has 1 N–H and O–H groups in total. The number of piperidine rings is 1. The van der Waals surface area contributed by atoms with Gasteiger partial charge in [-0.3, -0.25) is 14.5 Å². The number of likely N-dealkylation sites (tertiary alicyclic amines) is 1. The quantitative estimate of drug-likeness (QED) is 0.648. The zero-order chi connectivity index (χ0) is 10.5. The van der Waals surface area contributed by atoms with Crippen molar-refractivity contribution in [2.24, 2.45) is 17.8 Å². The molecule has 4 heteroatoms. The molecule has 2 fully saturated rings. The van der Waals surface area contributed by atoms with Gasteiger partial charge in [0.05, 0.1) is 24.5 Å². The van der Waals surface area contributed by atoms with Crippen molar-refractivity contribution in [1.29, 1.82) is 0 Å². The molecule has 14 heavy (non-hydrogen) atoms. The fraction of sp³-hybridized carbons (Fsp3) is 0.800. The molecule has 1 saturated heterocycles. The molecular weight excluding hydrogens is 182 g/mol. The number of aliphatic hydroxyl groups excluding tert-OH is 1. The molecule has 2 rings (SSSR count). The van der Waals surface area contributed by atoms with Gasteiger partial charge in [-0.15, -0.1) is 0 Å².